The molecule has 2 atom stereocenters. The second-order valence-electron chi connectivity index (χ2n) is 5.90. The van der Waals surface area contributed by atoms with Crippen molar-refractivity contribution in [1.29, 1.82) is 0 Å². The van der Waals surface area contributed by atoms with Gasteiger partial charge in [-0.3, -0.25) is 10.1 Å². The van der Waals surface area contributed by atoms with Gasteiger partial charge in [0.05, 0.1) is 9.51 Å². The molecule has 1 aromatic carbocycles. The molecular weight excluding hydrogens is 406 g/mol. The summed E-state index contributed by atoms with van der Waals surface area (Å²) in [4.78, 5) is 10.5. The van der Waals surface area contributed by atoms with Crippen molar-refractivity contribution in [1.82, 2.24) is 10.6 Å². The third-order valence-electron chi connectivity index (χ3n) is 3.76. The summed E-state index contributed by atoms with van der Waals surface area (Å²) >= 11 is 13.9. The summed E-state index contributed by atoms with van der Waals surface area (Å²) in [5.74, 6) is 0. The predicted octanol–water partition coefficient (Wildman–Crippen LogP) is 5.41. The third kappa shape index (κ3) is 8.20. The van der Waals surface area contributed by atoms with E-state index in [1.165, 1.54) is 35.7 Å². The van der Waals surface area contributed by atoms with Crippen LogP contribution >= 0.6 is 48.0 Å². The monoisotopic (exact) mass is 431 g/mol. The molecule has 0 saturated carbocycles. The zero-order chi connectivity index (χ0) is 19.7. The fourth-order valence-electron chi connectivity index (χ4n) is 1.78. The molecule has 0 bridgehead atoms. The van der Waals surface area contributed by atoms with Crippen LogP contribution in [0.15, 0.2) is 24.3 Å². The van der Waals surface area contributed by atoms with Gasteiger partial charge < -0.3 is 10.6 Å². The quantitative estimate of drug-likeness (QED) is 0.245. The Labute approximate surface area is 174 Å². The first-order chi connectivity index (χ1) is 12.3. The predicted molar refractivity (Wildman–Crippen MR) is 122 cm³/mol. The number of nitro groups is 1. The lowest BCUT2D eigenvalue weighted by atomic mass is 10.2. The summed E-state index contributed by atoms with van der Waals surface area (Å²) in [5.41, 5.74) is 1.01. The van der Waals surface area contributed by atoms with Crippen molar-refractivity contribution >= 4 is 62.3 Å². The maximum absolute atomic E-state index is 10.9. The molecule has 0 aromatic heterocycles. The zero-order valence-electron chi connectivity index (χ0n) is 15.4. The smallest absolute Gasteiger partial charge is 0.269 e. The minimum Gasteiger partial charge on any atom is -0.369 e. The highest BCUT2D eigenvalue weighted by atomic mass is 32.2. The van der Waals surface area contributed by atoms with Gasteiger partial charge in [0.25, 0.3) is 5.69 Å². The summed E-state index contributed by atoms with van der Waals surface area (Å²) in [6.45, 7) is 8.35. The Kier molecular flexibility index (Phi) is 10.4. The molecule has 0 aliphatic carbocycles. The highest BCUT2D eigenvalue weighted by Crippen LogP contribution is 2.41. The molecule has 26 heavy (non-hydrogen) atoms. The Bertz CT molecular complexity index is 599. The first-order valence-corrected chi connectivity index (χ1v) is 11.0. The van der Waals surface area contributed by atoms with Gasteiger partial charge in [-0.15, -0.1) is 0 Å². The first kappa shape index (κ1) is 23.1. The van der Waals surface area contributed by atoms with E-state index in [1.54, 1.807) is 12.1 Å². The van der Waals surface area contributed by atoms with E-state index < -0.39 is 4.92 Å². The Morgan fingerprint density at radius 3 is 1.81 bits per heavy atom. The van der Waals surface area contributed by atoms with Crippen molar-refractivity contribution in [2.24, 2.45) is 0 Å². The number of nitro benzene ring substituents is 1. The average Bonchev–Trinajstić information content (AvgIpc) is 2.60. The van der Waals surface area contributed by atoms with Crippen molar-refractivity contribution in [2.75, 3.05) is 0 Å². The Morgan fingerprint density at radius 1 is 1.04 bits per heavy atom. The number of nitrogens with one attached hydrogen (secondary N) is 2. The highest BCUT2D eigenvalue weighted by molar-refractivity contribution is 8.35. The Balaban J connectivity index is 2.91. The minimum absolute atomic E-state index is 0.0723. The molecule has 1 rings (SSSR count). The number of thiocarbonyl (C=S) groups is 2. The van der Waals surface area contributed by atoms with Gasteiger partial charge in [0.1, 0.15) is 8.64 Å². The van der Waals surface area contributed by atoms with Crippen LogP contribution in [0.5, 0.6) is 0 Å². The summed E-state index contributed by atoms with van der Waals surface area (Å²) in [7, 11) is 0. The molecule has 0 fully saturated rings. The topological polar surface area (TPSA) is 67.2 Å². The molecule has 0 aliphatic heterocycles. The highest BCUT2D eigenvalue weighted by Gasteiger charge is 2.20. The van der Waals surface area contributed by atoms with Gasteiger partial charge in [0.15, 0.2) is 0 Å². The van der Waals surface area contributed by atoms with Crippen LogP contribution in [-0.4, -0.2) is 25.6 Å². The number of non-ortho nitro benzene ring substituents is 1. The van der Waals surface area contributed by atoms with Gasteiger partial charge >= 0.3 is 0 Å². The van der Waals surface area contributed by atoms with Crippen molar-refractivity contribution in [3.63, 3.8) is 0 Å². The third-order valence-corrected chi connectivity index (χ3v) is 6.78. The van der Waals surface area contributed by atoms with Gasteiger partial charge in [0.2, 0.25) is 0 Å². The normalized spacial score (nSPS) is 14.2. The van der Waals surface area contributed by atoms with Crippen LogP contribution in [0.3, 0.4) is 0 Å². The fourth-order valence-corrected chi connectivity index (χ4v) is 5.41. The number of hydrogen-bond acceptors (Lipinski definition) is 6. The van der Waals surface area contributed by atoms with Crippen LogP contribution in [0, 0.1) is 10.1 Å². The molecule has 0 spiro atoms. The maximum Gasteiger partial charge on any atom is 0.269 e. The molecule has 0 amide bonds. The molecule has 9 heteroatoms. The van der Waals surface area contributed by atoms with E-state index in [2.05, 4.69) is 38.3 Å². The second-order valence-corrected chi connectivity index (χ2v) is 9.76. The van der Waals surface area contributed by atoms with Crippen LogP contribution in [0.1, 0.15) is 50.7 Å². The Hall–Kier alpha value is -0.900. The molecule has 144 valence electrons. The number of thioether (sulfide) groups is 2. The maximum atomic E-state index is 10.9. The van der Waals surface area contributed by atoms with E-state index in [4.69, 9.17) is 24.4 Å². The van der Waals surface area contributed by atoms with E-state index in [0.717, 1.165) is 18.4 Å². The zero-order valence-corrected chi connectivity index (χ0v) is 18.6. The van der Waals surface area contributed by atoms with Gasteiger partial charge in [-0.1, -0.05) is 73.9 Å². The van der Waals surface area contributed by atoms with E-state index in [0.29, 0.717) is 20.7 Å². The van der Waals surface area contributed by atoms with Gasteiger partial charge in [-0.05, 0) is 32.3 Å². The van der Waals surface area contributed by atoms with E-state index in [9.17, 15) is 10.1 Å². The van der Waals surface area contributed by atoms with E-state index >= 15 is 0 Å². The van der Waals surface area contributed by atoms with Gasteiger partial charge in [0, 0.05) is 24.2 Å². The largest absolute Gasteiger partial charge is 0.369 e. The van der Waals surface area contributed by atoms with E-state index in [1.807, 2.05) is 0 Å². The summed E-state index contributed by atoms with van der Waals surface area (Å²) in [6.07, 6.45) is 1.95. The first-order valence-electron chi connectivity index (χ1n) is 8.45. The molecule has 0 saturated heterocycles. The summed E-state index contributed by atoms with van der Waals surface area (Å²) in [6, 6.07) is 7.14. The molecule has 0 aliphatic rings. The molecule has 1 aromatic rings. The number of nitrogens with zero attached hydrogens (tertiary/aromatic N) is 1. The molecule has 0 radical (unpaired) electrons. The number of rotatable bonds is 8. The molecule has 2 unspecified atom stereocenters. The van der Waals surface area contributed by atoms with Crippen LogP contribution in [-0.2, 0) is 0 Å². The SMILES string of the molecule is CCC(C)NC(=S)SC(SC(=S)NC(C)CC)c1ccc([N+](=O)[O-])cc1. The number of hydrogen-bond donors (Lipinski definition) is 2. The fraction of sp³-hybridized carbons (Fsp3) is 0.529. The summed E-state index contributed by atoms with van der Waals surface area (Å²) in [5, 5.41) is 17.5. The molecule has 0 heterocycles. The van der Waals surface area contributed by atoms with Crippen molar-refractivity contribution in [3.05, 3.63) is 39.9 Å². The van der Waals surface area contributed by atoms with Crippen LogP contribution in [0.2, 0.25) is 0 Å². The Morgan fingerprint density at radius 2 is 1.46 bits per heavy atom. The lowest BCUT2D eigenvalue weighted by Gasteiger charge is -2.21. The van der Waals surface area contributed by atoms with Crippen molar-refractivity contribution in [3.8, 4) is 0 Å². The molecule has 5 nitrogen and oxygen atoms in total. The lowest BCUT2D eigenvalue weighted by molar-refractivity contribution is -0.384. The van der Waals surface area contributed by atoms with Crippen molar-refractivity contribution in [2.45, 2.75) is 57.2 Å². The van der Waals surface area contributed by atoms with E-state index in [-0.39, 0.29) is 10.3 Å². The van der Waals surface area contributed by atoms with Crippen LogP contribution < -0.4 is 10.6 Å². The van der Waals surface area contributed by atoms with Gasteiger partial charge in [-0.2, -0.15) is 0 Å². The van der Waals surface area contributed by atoms with Gasteiger partial charge in [-0.25, -0.2) is 0 Å². The minimum atomic E-state index is -0.399. The number of benzene rings is 1. The van der Waals surface area contributed by atoms with Crippen LogP contribution in [0.25, 0.3) is 0 Å². The van der Waals surface area contributed by atoms with Crippen LogP contribution in [0.4, 0.5) is 5.69 Å². The summed E-state index contributed by atoms with van der Waals surface area (Å²) < 4.78 is 1.31. The molecule has 2 N–H and O–H groups in total. The average molecular weight is 432 g/mol. The lowest BCUT2D eigenvalue weighted by Crippen LogP contribution is -2.30. The van der Waals surface area contributed by atoms with Crippen molar-refractivity contribution < 1.29 is 4.92 Å². The molecular formula is C17H25N3O2S4. The second kappa shape index (κ2) is 11.7. The standard InChI is InChI=1S/C17H25N3O2S4/c1-5-11(3)18-16(23)25-15(26-17(24)19-12(4)6-2)13-7-9-14(10-8-13)20(21)22/h7-12,15H,5-6H2,1-4H3,(H,18,23)(H,19,24).